The van der Waals surface area contributed by atoms with Crippen molar-refractivity contribution in [2.24, 2.45) is 0 Å². The molecule has 1 amide bonds. The molecule has 0 saturated carbocycles. The van der Waals surface area contributed by atoms with Crippen molar-refractivity contribution in [1.29, 1.82) is 0 Å². The second-order valence-electron chi connectivity index (χ2n) is 4.47. The maximum Gasteiger partial charge on any atom is 0.224 e. The Kier molecular flexibility index (Phi) is 5.77. The molecular formula is C16H19NO2S. The molecule has 20 heavy (non-hydrogen) atoms. The number of carbonyl (C=O) groups is 1. The monoisotopic (exact) mass is 289 g/mol. The van der Waals surface area contributed by atoms with E-state index in [9.17, 15) is 4.79 Å². The molecule has 1 aromatic heterocycles. The summed E-state index contributed by atoms with van der Waals surface area (Å²) in [5.74, 6) is 0.0315. The van der Waals surface area contributed by atoms with Crippen LogP contribution in [0.2, 0.25) is 0 Å². The average molecular weight is 289 g/mol. The van der Waals surface area contributed by atoms with Crippen LogP contribution in [0.15, 0.2) is 47.2 Å². The second kappa shape index (κ2) is 7.82. The molecule has 0 aliphatic carbocycles. The Labute approximate surface area is 123 Å². The lowest BCUT2D eigenvalue weighted by Crippen LogP contribution is -2.30. The molecule has 1 aromatic carbocycles. The summed E-state index contributed by atoms with van der Waals surface area (Å²) in [4.78, 5) is 11.9. The van der Waals surface area contributed by atoms with E-state index in [0.29, 0.717) is 19.6 Å². The van der Waals surface area contributed by atoms with Crippen molar-refractivity contribution in [3.8, 4) is 0 Å². The number of benzene rings is 1. The third-order valence-electron chi connectivity index (χ3n) is 2.97. The van der Waals surface area contributed by atoms with Gasteiger partial charge in [0, 0.05) is 13.2 Å². The first kappa shape index (κ1) is 14.8. The highest BCUT2D eigenvalue weighted by Crippen LogP contribution is 2.16. The third-order valence-corrected chi connectivity index (χ3v) is 3.70. The zero-order chi connectivity index (χ0) is 14.2. The number of thiophene rings is 1. The lowest BCUT2D eigenvalue weighted by molar-refractivity contribution is -0.121. The minimum atomic E-state index is -0.0902. The Hall–Kier alpha value is -1.65. The number of hydrogen-bond acceptors (Lipinski definition) is 3. The molecular weight excluding hydrogens is 270 g/mol. The molecule has 1 atom stereocenters. The molecule has 1 N–H and O–H groups in total. The van der Waals surface area contributed by atoms with E-state index in [0.717, 1.165) is 11.1 Å². The Bertz CT molecular complexity index is 511. The molecule has 1 heterocycles. The molecule has 0 saturated heterocycles. The summed E-state index contributed by atoms with van der Waals surface area (Å²) in [6, 6.07) is 11.9. The highest BCUT2D eigenvalue weighted by molar-refractivity contribution is 7.07. The zero-order valence-electron chi connectivity index (χ0n) is 11.5. The van der Waals surface area contributed by atoms with Crippen LogP contribution in [-0.2, 0) is 16.0 Å². The van der Waals surface area contributed by atoms with Crippen LogP contribution in [0.4, 0.5) is 0 Å². The summed E-state index contributed by atoms with van der Waals surface area (Å²) in [7, 11) is 0. The Morgan fingerprint density at radius 2 is 2.10 bits per heavy atom. The predicted octanol–water partition coefficient (Wildman–Crippen LogP) is 3.18. The van der Waals surface area contributed by atoms with Crippen molar-refractivity contribution in [3.05, 3.63) is 58.3 Å². The van der Waals surface area contributed by atoms with E-state index in [1.807, 2.05) is 54.1 Å². The number of hydrogen-bond donors (Lipinski definition) is 1. The summed E-state index contributed by atoms with van der Waals surface area (Å²) in [6.45, 7) is 3.09. The van der Waals surface area contributed by atoms with E-state index in [4.69, 9.17) is 4.74 Å². The first-order chi connectivity index (χ1) is 9.79. The van der Waals surface area contributed by atoms with Crippen molar-refractivity contribution < 1.29 is 9.53 Å². The Balaban J connectivity index is 1.87. The minimum Gasteiger partial charge on any atom is -0.372 e. The van der Waals surface area contributed by atoms with Crippen LogP contribution >= 0.6 is 11.3 Å². The van der Waals surface area contributed by atoms with Gasteiger partial charge in [-0.3, -0.25) is 4.79 Å². The van der Waals surface area contributed by atoms with Gasteiger partial charge >= 0.3 is 0 Å². The maximum atomic E-state index is 11.9. The van der Waals surface area contributed by atoms with Crippen molar-refractivity contribution in [2.45, 2.75) is 19.4 Å². The van der Waals surface area contributed by atoms with Gasteiger partial charge in [-0.15, -0.1) is 0 Å². The van der Waals surface area contributed by atoms with Crippen molar-refractivity contribution in [3.63, 3.8) is 0 Å². The van der Waals surface area contributed by atoms with Gasteiger partial charge in [-0.25, -0.2) is 0 Å². The largest absolute Gasteiger partial charge is 0.372 e. The molecule has 0 radical (unpaired) electrons. The van der Waals surface area contributed by atoms with Crippen molar-refractivity contribution in [1.82, 2.24) is 5.32 Å². The van der Waals surface area contributed by atoms with Gasteiger partial charge in [0.05, 0.1) is 12.5 Å². The topological polar surface area (TPSA) is 38.3 Å². The molecule has 0 spiro atoms. The van der Waals surface area contributed by atoms with E-state index in [1.165, 1.54) is 0 Å². The van der Waals surface area contributed by atoms with Gasteiger partial charge < -0.3 is 10.1 Å². The predicted molar refractivity (Wildman–Crippen MR) is 81.8 cm³/mol. The van der Waals surface area contributed by atoms with Gasteiger partial charge in [-0.05, 0) is 34.9 Å². The fourth-order valence-corrected chi connectivity index (χ4v) is 2.66. The van der Waals surface area contributed by atoms with Gasteiger partial charge in [-0.1, -0.05) is 30.3 Å². The van der Waals surface area contributed by atoms with E-state index in [2.05, 4.69) is 5.32 Å². The van der Waals surface area contributed by atoms with E-state index >= 15 is 0 Å². The van der Waals surface area contributed by atoms with Crippen LogP contribution in [0.1, 0.15) is 24.2 Å². The van der Waals surface area contributed by atoms with Gasteiger partial charge in [0.15, 0.2) is 0 Å². The molecule has 106 valence electrons. The minimum absolute atomic E-state index is 0.0315. The first-order valence-electron chi connectivity index (χ1n) is 6.74. The molecule has 4 heteroatoms. The highest BCUT2D eigenvalue weighted by atomic mass is 32.1. The Morgan fingerprint density at radius 3 is 2.75 bits per heavy atom. The van der Waals surface area contributed by atoms with Crippen LogP contribution in [0.25, 0.3) is 0 Å². The van der Waals surface area contributed by atoms with E-state index in [1.54, 1.807) is 11.3 Å². The van der Waals surface area contributed by atoms with Crippen LogP contribution < -0.4 is 5.32 Å². The fraction of sp³-hybridized carbons (Fsp3) is 0.312. The fourth-order valence-electron chi connectivity index (χ4n) is 1.99. The molecule has 3 nitrogen and oxygen atoms in total. The summed E-state index contributed by atoms with van der Waals surface area (Å²) < 4.78 is 5.70. The zero-order valence-corrected chi connectivity index (χ0v) is 12.4. The first-order valence-corrected chi connectivity index (χ1v) is 7.68. The van der Waals surface area contributed by atoms with Crippen LogP contribution in [-0.4, -0.2) is 19.1 Å². The molecule has 2 aromatic rings. The van der Waals surface area contributed by atoms with Gasteiger partial charge in [-0.2, -0.15) is 11.3 Å². The number of carbonyl (C=O) groups excluding carboxylic acids is 1. The quantitative estimate of drug-likeness (QED) is 0.850. The van der Waals surface area contributed by atoms with Gasteiger partial charge in [0.25, 0.3) is 0 Å². The lowest BCUT2D eigenvalue weighted by atomic mass is 10.1. The SMILES string of the molecule is CCOC(CNC(=O)Cc1ccsc1)c1ccccc1. The molecule has 0 fully saturated rings. The summed E-state index contributed by atoms with van der Waals surface area (Å²) in [5, 5.41) is 6.92. The number of amides is 1. The number of ether oxygens (including phenoxy) is 1. The average Bonchev–Trinajstić information content (AvgIpc) is 2.97. The lowest BCUT2D eigenvalue weighted by Gasteiger charge is -2.18. The highest BCUT2D eigenvalue weighted by Gasteiger charge is 2.12. The second-order valence-corrected chi connectivity index (χ2v) is 5.25. The van der Waals surface area contributed by atoms with Crippen LogP contribution in [0, 0.1) is 0 Å². The summed E-state index contributed by atoms with van der Waals surface area (Å²) in [5.41, 5.74) is 2.14. The normalized spacial score (nSPS) is 12.1. The third kappa shape index (κ3) is 4.47. The van der Waals surface area contributed by atoms with Gasteiger partial charge in [0.1, 0.15) is 0 Å². The van der Waals surface area contributed by atoms with Crippen molar-refractivity contribution >= 4 is 17.2 Å². The summed E-state index contributed by atoms with van der Waals surface area (Å²) in [6.07, 6.45) is 0.338. The summed E-state index contributed by atoms with van der Waals surface area (Å²) >= 11 is 1.61. The number of rotatable bonds is 7. The van der Waals surface area contributed by atoms with Crippen LogP contribution in [0.5, 0.6) is 0 Å². The standard InChI is InChI=1S/C16H19NO2S/c1-2-19-15(14-6-4-3-5-7-14)11-17-16(18)10-13-8-9-20-12-13/h3-9,12,15H,2,10-11H2,1H3,(H,17,18). The van der Waals surface area contributed by atoms with Crippen molar-refractivity contribution in [2.75, 3.05) is 13.2 Å². The molecule has 0 aliphatic heterocycles. The maximum absolute atomic E-state index is 11.9. The molecule has 1 unspecified atom stereocenters. The van der Waals surface area contributed by atoms with Gasteiger partial charge in [0.2, 0.25) is 5.91 Å². The van der Waals surface area contributed by atoms with Crippen LogP contribution in [0.3, 0.4) is 0 Å². The smallest absolute Gasteiger partial charge is 0.224 e. The van der Waals surface area contributed by atoms with E-state index in [-0.39, 0.29) is 12.0 Å². The molecule has 0 aliphatic rings. The number of nitrogens with one attached hydrogen (secondary N) is 1. The van der Waals surface area contributed by atoms with E-state index < -0.39 is 0 Å². The molecule has 2 rings (SSSR count). The Morgan fingerprint density at radius 1 is 1.30 bits per heavy atom. The molecule has 0 bridgehead atoms.